The minimum absolute atomic E-state index is 0.0105. The van der Waals surface area contributed by atoms with Gasteiger partial charge in [0.25, 0.3) is 0 Å². The standard InChI is InChI=1S/C15H22N2O2S/c18-15(14-6-1-7-16-14)17(10-12-4-2-8-19-12)11-13-5-3-9-20-13/h3,5,9,12,14,16H,1-2,4,6-8,10-11H2/t12?,14-/m1/s1. The maximum atomic E-state index is 12.7. The van der Waals surface area contributed by atoms with Gasteiger partial charge in [-0.3, -0.25) is 4.79 Å². The molecule has 1 aromatic heterocycles. The second-order valence-corrected chi connectivity index (χ2v) is 6.61. The zero-order valence-corrected chi connectivity index (χ0v) is 12.5. The second kappa shape index (κ2) is 6.70. The zero-order chi connectivity index (χ0) is 13.8. The monoisotopic (exact) mass is 294 g/mol. The van der Waals surface area contributed by atoms with E-state index in [9.17, 15) is 4.79 Å². The molecule has 0 aliphatic carbocycles. The van der Waals surface area contributed by atoms with Gasteiger partial charge in [0.05, 0.1) is 18.7 Å². The minimum Gasteiger partial charge on any atom is -0.376 e. The van der Waals surface area contributed by atoms with E-state index in [1.54, 1.807) is 11.3 Å². The Morgan fingerprint density at radius 3 is 3.05 bits per heavy atom. The number of nitrogens with zero attached hydrogens (tertiary/aromatic N) is 1. The van der Waals surface area contributed by atoms with Gasteiger partial charge in [0.15, 0.2) is 0 Å². The summed E-state index contributed by atoms with van der Waals surface area (Å²) in [4.78, 5) is 15.9. The largest absolute Gasteiger partial charge is 0.376 e. The van der Waals surface area contributed by atoms with Crippen LogP contribution in [0.3, 0.4) is 0 Å². The Hall–Kier alpha value is -0.910. The van der Waals surface area contributed by atoms with E-state index in [0.29, 0.717) is 6.54 Å². The fourth-order valence-electron chi connectivity index (χ4n) is 2.97. The van der Waals surface area contributed by atoms with E-state index >= 15 is 0 Å². The van der Waals surface area contributed by atoms with Crippen LogP contribution in [0.25, 0.3) is 0 Å². The molecule has 0 spiro atoms. The predicted octanol–water partition coefficient (Wildman–Crippen LogP) is 2.01. The van der Waals surface area contributed by atoms with Crippen molar-refractivity contribution in [2.75, 3.05) is 19.7 Å². The molecule has 2 aliphatic rings. The summed E-state index contributed by atoms with van der Waals surface area (Å²) in [7, 11) is 0. The molecule has 1 N–H and O–H groups in total. The third-order valence-corrected chi connectivity index (χ3v) is 4.91. The van der Waals surface area contributed by atoms with Gasteiger partial charge in [0.2, 0.25) is 5.91 Å². The van der Waals surface area contributed by atoms with Crippen molar-refractivity contribution in [2.45, 2.75) is 44.4 Å². The van der Waals surface area contributed by atoms with Crippen molar-refractivity contribution in [2.24, 2.45) is 0 Å². The molecule has 0 radical (unpaired) electrons. The highest BCUT2D eigenvalue weighted by atomic mass is 32.1. The van der Waals surface area contributed by atoms with Crippen LogP contribution < -0.4 is 5.32 Å². The number of carbonyl (C=O) groups is 1. The lowest BCUT2D eigenvalue weighted by Gasteiger charge is -2.27. The summed E-state index contributed by atoms with van der Waals surface area (Å²) >= 11 is 1.71. The Morgan fingerprint density at radius 1 is 1.45 bits per heavy atom. The summed E-state index contributed by atoms with van der Waals surface area (Å²) in [6.07, 6.45) is 4.48. The van der Waals surface area contributed by atoms with Crippen LogP contribution in [-0.4, -0.2) is 42.6 Å². The molecule has 2 aliphatic heterocycles. The van der Waals surface area contributed by atoms with Crippen molar-refractivity contribution in [1.82, 2.24) is 10.2 Å². The zero-order valence-electron chi connectivity index (χ0n) is 11.7. The van der Waals surface area contributed by atoms with Crippen molar-refractivity contribution in [3.05, 3.63) is 22.4 Å². The lowest BCUT2D eigenvalue weighted by atomic mass is 10.1. The molecule has 1 unspecified atom stereocenters. The SMILES string of the molecule is O=C([C@H]1CCCN1)N(Cc1cccs1)CC1CCCO1. The Labute approximate surface area is 124 Å². The lowest BCUT2D eigenvalue weighted by Crippen LogP contribution is -2.45. The first-order chi connectivity index (χ1) is 9.83. The van der Waals surface area contributed by atoms with Crippen LogP contribution in [0, 0.1) is 0 Å². The summed E-state index contributed by atoms with van der Waals surface area (Å²) in [5.41, 5.74) is 0. The number of hydrogen-bond donors (Lipinski definition) is 1. The van der Waals surface area contributed by atoms with Crippen LogP contribution in [-0.2, 0) is 16.1 Å². The third-order valence-electron chi connectivity index (χ3n) is 4.04. The maximum Gasteiger partial charge on any atom is 0.240 e. The molecule has 5 heteroatoms. The van der Waals surface area contributed by atoms with Crippen molar-refractivity contribution >= 4 is 17.2 Å². The summed E-state index contributed by atoms with van der Waals surface area (Å²) in [5.74, 6) is 0.242. The van der Waals surface area contributed by atoms with Gasteiger partial charge >= 0.3 is 0 Å². The Morgan fingerprint density at radius 2 is 2.40 bits per heavy atom. The van der Waals surface area contributed by atoms with Gasteiger partial charge in [-0.15, -0.1) is 11.3 Å². The van der Waals surface area contributed by atoms with Gasteiger partial charge in [-0.1, -0.05) is 6.07 Å². The minimum atomic E-state index is 0.0105. The van der Waals surface area contributed by atoms with Gasteiger partial charge in [-0.25, -0.2) is 0 Å². The summed E-state index contributed by atoms with van der Waals surface area (Å²) in [6, 6.07) is 4.15. The molecule has 3 heterocycles. The molecule has 0 saturated carbocycles. The van der Waals surface area contributed by atoms with Crippen LogP contribution in [0.4, 0.5) is 0 Å². The highest BCUT2D eigenvalue weighted by Gasteiger charge is 2.29. The van der Waals surface area contributed by atoms with Gasteiger partial charge in [-0.05, 0) is 43.7 Å². The first-order valence-electron chi connectivity index (χ1n) is 7.49. The average Bonchev–Trinajstić information content (AvgIpc) is 3.20. The number of ether oxygens (including phenoxy) is 1. The van der Waals surface area contributed by atoms with Crippen molar-refractivity contribution < 1.29 is 9.53 Å². The normalized spacial score (nSPS) is 26.0. The van der Waals surface area contributed by atoms with Crippen LogP contribution in [0.5, 0.6) is 0 Å². The number of rotatable bonds is 5. The topological polar surface area (TPSA) is 41.6 Å². The molecule has 20 heavy (non-hydrogen) atoms. The molecule has 2 atom stereocenters. The third kappa shape index (κ3) is 3.40. The number of amides is 1. The molecule has 0 aromatic carbocycles. The van der Waals surface area contributed by atoms with Crippen molar-refractivity contribution in [3.8, 4) is 0 Å². The Bertz CT molecular complexity index is 423. The molecular formula is C15H22N2O2S. The highest BCUT2D eigenvalue weighted by Crippen LogP contribution is 2.19. The molecule has 1 amide bonds. The first kappa shape index (κ1) is 14.0. The summed E-state index contributed by atoms with van der Waals surface area (Å²) < 4.78 is 5.70. The van der Waals surface area contributed by atoms with Crippen molar-refractivity contribution in [1.29, 1.82) is 0 Å². The first-order valence-corrected chi connectivity index (χ1v) is 8.37. The predicted molar refractivity (Wildman–Crippen MR) is 79.7 cm³/mol. The van der Waals surface area contributed by atoms with E-state index < -0.39 is 0 Å². The van der Waals surface area contributed by atoms with Crippen LogP contribution in [0.15, 0.2) is 17.5 Å². The lowest BCUT2D eigenvalue weighted by molar-refractivity contribution is -0.135. The smallest absolute Gasteiger partial charge is 0.240 e. The van der Waals surface area contributed by atoms with E-state index in [1.165, 1.54) is 4.88 Å². The van der Waals surface area contributed by atoms with E-state index in [2.05, 4.69) is 16.8 Å². The fourth-order valence-corrected chi connectivity index (χ4v) is 3.69. The molecule has 110 valence electrons. The quantitative estimate of drug-likeness (QED) is 0.903. The number of carbonyl (C=O) groups excluding carboxylic acids is 1. The number of hydrogen-bond acceptors (Lipinski definition) is 4. The molecule has 0 bridgehead atoms. The van der Waals surface area contributed by atoms with E-state index in [-0.39, 0.29) is 18.1 Å². The second-order valence-electron chi connectivity index (χ2n) is 5.58. The fraction of sp³-hybridized carbons (Fsp3) is 0.667. The van der Waals surface area contributed by atoms with Crippen LogP contribution >= 0.6 is 11.3 Å². The molecule has 4 nitrogen and oxygen atoms in total. The van der Waals surface area contributed by atoms with Crippen molar-refractivity contribution in [3.63, 3.8) is 0 Å². The van der Waals surface area contributed by atoms with Crippen LogP contribution in [0.2, 0.25) is 0 Å². The van der Waals surface area contributed by atoms with Gasteiger partial charge in [0.1, 0.15) is 0 Å². The van der Waals surface area contributed by atoms with Gasteiger partial charge in [0, 0.05) is 18.0 Å². The van der Waals surface area contributed by atoms with Gasteiger partial charge < -0.3 is 15.0 Å². The number of nitrogens with one attached hydrogen (secondary N) is 1. The van der Waals surface area contributed by atoms with Gasteiger partial charge in [-0.2, -0.15) is 0 Å². The molecule has 2 saturated heterocycles. The van der Waals surface area contributed by atoms with E-state index in [0.717, 1.165) is 45.4 Å². The van der Waals surface area contributed by atoms with E-state index in [1.807, 2.05) is 11.0 Å². The molecule has 2 fully saturated rings. The van der Waals surface area contributed by atoms with Crippen LogP contribution in [0.1, 0.15) is 30.6 Å². The molecule has 3 rings (SSSR count). The number of thiophene rings is 1. The summed E-state index contributed by atoms with van der Waals surface area (Å²) in [5, 5.41) is 5.38. The molecule has 1 aromatic rings. The Balaban J connectivity index is 1.66. The molecular weight excluding hydrogens is 272 g/mol. The Kier molecular flexibility index (Phi) is 4.70. The van der Waals surface area contributed by atoms with E-state index in [4.69, 9.17) is 4.74 Å². The highest BCUT2D eigenvalue weighted by molar-refractivity contribution is 7.09. The average molecular weight is 294 g/mol. The maximum absolute atomic E-state index is 12.7. The summed E-state index contributed by atoms with van der Waals surface area (Å²) in [6.45, 7) is 3.25.